The van der Waals surface area contributed by atoms with Gasteiger partial charge in [-0.3, -0.25) is 9.59 Å². The fourth-order valence-corrected chi connectivity index (χ4v) is 2.58. The number of nitrogens with zero attached hydrogens (tertiary/aromatic N) is 2. The van der Waals surface area contributed by atoms with Gasteiger partial charge in [0.1, 0.15) is 6.54 Å². The van der Waals surface area contributed by atoms with Gasteiger partial charge in [0.2, 0.25) is 5.91 Å². The molecule has 0 aliphatic carbocycles. The number of carbonyl (C=O) groups excluding carboxylic acids is 2. The Labute approximate surface area is 126 Å². The molecule has 0 radical (unpaired) electrons. The molecule has 0 aromatic carbocycles. The van der Waals surface area contributed by atoms with Crippen LogP contribution in [-0.2, 0) is 11.3 Å². The highest BCUT2D eigenvalue weighted by atomic mass is 19.4. The lowest BCUT2D eigenvalue weighted by atomic mass is 10.2. The SMILES string of the molecule is Cc1cc(C(=O)N2CCNC(=O)CC2)c(C)n1CC(F)(F)F. The summed E-state index contributed by atoms with van der Waals surface area (Å²) in [5.41, 5.74) is 0.946. The number of aryl methyl sites for hydroxylation is 1. The van der Waals surface area contributed by atoms with Gasteiger partial charge in [-0.15, -0.1) is 0 Å². The van der Waals surface area contributed by atoms with Gasteiger partial charge < -0.3 is 14.8 Å². The van der Waals surface area contributed by atoms with E-state index in [2.05, 4.69) is 5.32 Å². The van der Waals surface area contributed by atoms with Gasteiger partial charge in [0, 0.05) is 37.4 Å². The molecule has 2 rings (SSSR count). The maximum Gasteiger partial charge on any atom is 0.406 e. The Bertz CT molecular complexity index is 593. The third kappa shape index (κ3) is 3.61. The summed E-state index contributed by atoms with van der Waals surface area (Å²) in [7, 11) is 0. The van der Waals surface area contributed by atoms with Crippen molar-refractivity contribution in [3.63, 3.8) is 0 Å². The number of carbonyl (C=O) groups is 2. The normalized spacial score (nSPS) is 16.4. The Morgan fingerprint density at radius 2 is 2.00 bits per heavy atom. The lowest BCUT2D eigenvalue weighted by Gasteiger charge is -2.19. The number of hydrogen-bond acceptors (Lipinski definition) is 2. The first-order valence-corrected chi connectivity index (χ1v) is 6.98. The molecule has 1 aromatic heterocycles. The summed E-state index contributed by atoms with van der Waals surface area (Å²) in [4.78, 5) is 25.3. The summed E-state index contributed by atoms with van der Waals surface area (Å²) in [6, 6.07) is 1.48. The van der Waals surface area contributed by atoms with Crippen molar-refractivity contribution in [3.05, 3.63) is 23.0 Å². The van der Waals surface area contributed by atoms with Crippen LogP contribution in [0.2, 0.25) is 0 Å². The Balaban J connectivity index is 2.23. The summed E-state index contributed by atoms with van der Waals surface area (Å²) < 4.78 is 38.9. The average Bonchev–Trinajstić information content (AvgIpc) is 2.60. The Kier molecular flexibility index (Phi) is 4.48. The maximum absolute atomic E-state index is 12.6. The topological polar surface area (TPSA) is 54.3 Å². The number of alkyl halides is 3. The van der Waals surface area contributed by atoms with E-state index in [1.54, 1.807) is 6.92 Å². The molecular formula is C14H18F3N3O2. The lowest BCUT2D eigenvalue weighted by Crippen LogP contribution is -2.34. The number of aromatic nitrogens is 1. The summed E-state index contributed by atoms with van der Waals surface area (Å²) in [6.07, 6.45) is -4.14. The molecule has 0 spiro atoms. The van der Waals surface area contributed by atoms with Gasteiger partial charge in [-0.05, 0) is 19.9 Å². The first kappa shape index (κ1) is 16.4. The number of amides is 2. The summed E-state index contributed by atoms with van der Waals surface area (Å²) >= 11 is 0. The first-order chi connectivity index (χ1) is 10.2. The minimum atomic E-state index is -4.34. The van der Waals surface area contributed by atoms with Gasteiger partial charge in [0.05, 0.1) is 5.56 Å². The van der Waals surface area contributed by atoms with Crippen molar-refractivity contribution in [1.29, 1.82) is 0 Å². The standard InChI is InChI=1S/C14H18F3N3O2/c1-9-7-11(10(2)20(9)8-14(15,16)17)13(22)19-5-3-12(21)18-4-6-19/h7H,3-6,8H2,1-2H3,(H,18,21). The fourth-order valence-electron chi connectivity index (χ4n) is 2.58. The molecule has 22 heavy (non-hydrogen) atoms. The summed E-state index contributed by atoms with van der Waals surface area (Å²) in [6.45, 7) is 2.92. The molecule has 2 amide bonds. The molecule has 5 nitrogen and oxygen atoms in total. The first-order valence-electron chi connectivity index (χ1n) is 6.98. The second-order valence-corrected chi connectivity index (χ2v) is 5.38. The van der Waals surface area contributed by atoms with Crippen molar-refractivity contribution < 1.29 is 22.8 Å². The Hall–Kier alpha value is -1.99. The zero-order chi connectivity index (χ0) is 16.5. The van der Waals surface area contributed by atoms with E-state index < -0.39 is 12.7 Å². The van der Waals surface area contributed by atoms with E-state index in [1.165, 1.54) is 17.9 Å². The van der Waals surface area contributed by atoms with Crippen LogP contribution in [0, 0.1) is 13.8 Å². The smallest absolute Gasteiger partial charge is 0.354 e. The number of rotatable bonds is 2. The third-order valence-electron chi connectivity index (χ3n) is 3.74. The second kappa shape index (κ2) is 6.02. The highest BCUT2D eigenvalue weighted by Gasteiger charge is 2.31. The molecule has 122 valence electrons. The molecule has 1 aromatic rings. The van der Waals surface area contributed by atoms with Crippen LogP contribution in [0.15, 0.2) is 6.07 Å². The number of halogens is 3. The molecule has 0 unspecified atom stereocenters. The van der Waals surface area contributed by atoms with Crippen molar-refractivity contribution >= 4 is 11.8 Å². The maximum atomic E-state index is 12.6. The minimum absolute atomic E-state index is 0.127. The van der Waals surface area contributed by atoms with Crippen molar-refractivity contribution in [2.45, 2.75) is 33.0 Å². The Morgan fingerprint density at radius 1 is 1.32 bits per heavy atom. The van der Waals surface area contributed by atoms with E-state index in [9.17, 15) is 22.8 Å². The molecular weight excluding hydrogens is 299 g/mol. The van der Waals surface area contributed by atoms with Crippen LogP contribution >= 0.6 is 0 Å². The van der Waals surface area contributed by atoms with Crippen LogP contribution in [0.4, 0.5) is 13.2 Å². The van der Waals surface area contributed by atoms with E-state index in [0.29, 0.717) is 24.5 Å². The highest BCUT2D eigenvalue weighted by molar-refractivity contribution is 5.96. The molecule has 0 saturated carbocycles. The van der Waals surface area contributed by atoms with Gasteiger partial charge in [-0.2, -0.15) is 13.2 Å². The van der Waals surface area contributed by atoms with E-state index in [1.807, 2.05) is 0 Å². The highest BCUT2D eigenvalue weighted by Crippen LogP contribution is 2.24. The average molecular weight is 317 g/mol. The van der Waals surface area contributed by atoms with Gasteiger partial charge in [-0.1, -0.05) is 0 Å². The predicted octanol–water partition coefficient (Wildman–Crippen LogP) is 1.63. The fraction of sp³-hybridized carbons (Fsp3) is 0.571. The quantitative estimate of drug-likeness (QED) is 0.901. The molecule has 1 saturated heterocycles. The second-order valence-electron chi connectivity index (χ2n) is 5.38. The molecule has 1 N–H and O–H groups in total. The van der Waals surface area contributed by atoms with Gasteiger partial charge in [0.25, 0.3) is 5.91 Å². The van der Waals surface area contributed by atoms with Crippen molar-refractivity contribution in [1.82, 2.24) is 14.8 Å². The third-order valence-corrected chi connectivity index (χ3v) is 3.74. The molecule has 2 heterocycles. The van der Waals surface area contributed by atoms with E-state index in [0.717, 1.165) is 4.57 Å². The van der Waals surface area contributed by atoms with Gasteiger partial charge in [-0.25, -0.2) is 0 Å². The minimum Gasteiger partial charge on any atom is -0.354 e. The van der Waals surface area contributed by atoms with Crippen LogP contribution in [0.3, 0.4) is 0 Å². The van der Waals surface area contributed by atoms with E-state index >= 15 is 0 Å². The molecule has 1 aliphatic heterocycles. The molecule has 0 bridgehead atoms. The molecule has 8 heteroatoms. The summed E-state index contributed by atoms with van der Waals surface area (Å²) in [5.74, 6) is -0.462. The predicted molar refractivity (Wildman–Crippen MR) is 73.5 cm³/mol. The van der Waals surface area contributed by atoms with Crippen LogP contribution in [0.1, 0.15) is 28.2 Å². The largest absolute Gasteiger partial charge is 0.406 e. The van der Waals surface area contributed by atoms with E-state index in [-0.39, 0.29) is 30.3 Å². The molecule has 1 aliphatic rings. The van der Waals surface area contributed by atoms with Crippen LogP contribution in [0.25, 0.3) is 0 Å². The van der Waals surface area contributed by atoms with Crippen LogP contribution in [0.5, 0.6) is 0 Å². The zero-order valence-corrected chi connectivity index (χ0v) is 12.5. The van der Waals surface area contributed by atoms with Crippen molar-refractivity contribution in [2.75, 3.05) is 19.6 Å². The zero-order valence-electron chi connectivity index (χ0n) is 12.5. The van der Waals surface area contributed by atoms with Gasteiger partial charge in [0.15, 0.2) is 0 Å². The van der Waals surface area contributed by atoms with Crippen molar-refractivity contribution in [3.8, 4) is 0 Å². The number of hydrogen-bond donors (Lipinski definition) is 1. The van der Waals surface area contributed by atoms with Crippen LogP contribution in [-0.4, -0.2) is 47.1 Å². The monoisotopic (exact) mass is 317 g/mol. The lowest BCUT2D eigenvalue weighted by molar-refractivity contribution is -0.141. The van der Waals surface area contributed by atoms with Crippen LogP contribution < -0.4 is 5.32 Å². The van der Waals surface area contributed by atoms with E-state index in [4.69, 9.17) is 0 Å². The molecule has 0 atom stereocenters. The number of nitrogens with one attached hydrogen (secondary N) is 1. The Morgan fingerprint density at radius 3 is 2.64 bits per heavy atom. The van der Waals surface area contributed by atoms with Crippen molar-refractivity contribution in [2.24, 2.45) is 0 Å². The summed E-state index contributed by atoms with van der Waals surface area (Å²) in [5, 5.41) is 2.66. The molecule has 1 fully saturated rings. The van der Waals surface area contributed by atoms with Gasteiger partial charge >= 0.3 is 6.18 Å².